The summed E-state index contributed by atoms with van der Waals surface area (Å²) >= 11 is 0. The molecule has 29 heteroatoms. The number of fused-ring (bicyclic) bond motifs is 3. The van der Waals surface area contributed by atoms with E-state index in [1.165, 1.54) is 212 Å². The second-order valence-electron chi connectivity index (χ2n) is 27.6. The van der Waals surface area contributed by atoms with Crippen LogP contribution in [0.3, 0.4) is 0 Å². The van der Waals surface area contributed by atoms with Crippen LogP contribution in [0.4, 0.5) is 0 Å². The molecule has 12 N–H and O–H groups in total. The molecule has 92 heavy (non-hydrogen) atoms. The van der Waals surface area contributed by atoms with Crippen molar-refractivity contribution in [2.75, 3.05) is 151 Å². The fourth-order valence-corrected chi connectivity index (χ4v) is 16.8. The maximum Gasteiger partial charge on any atom is 0.505 e. The van der Waals surface area contributed by atoms with E-state index < -0.39 is 61.6 Å². The van der Waals surface area contributed by atoms with Crippen LogP contribution in [0.15, 0.2) is 0 Å². The molecule has 2 unspecified atom stereocenters. The molecule has 22 nitrogen and oxygen atoms in total. The van der Waals surface area contributed by atoms with Crippen molar-refractivity contribution in [3.05, 3.63) is 0 Å². The van der Waals surface area contributed by atoms with Gasteiger partial charge in [-0.25, -0.2) is 0 Å². The maximum absolute atomic E-state index is 11.2. The monoisotopic (exact) mass is 1470 g/mol. The van der Waals surface area contributed by atoms with E-state index in [0.717, 1.165) is 41.1 Å². The highest BCUT2D eigenvalue weighted by Crippen LogP contribution is 2.29. The first-order chi connectivity index (χ1) is 41.5. The standard InChI is InChI=1S/C31H65N2O7SSi.C23H52NO3Si.C9H21NO7S.3ClH.H2O/c1-4-5-6-7-8-9-10-11-12-13-14-15-16-17-18-19-21-32(2,3)22-20-27-42-38-25-23-33(30-40-42,24-26-39-42)28-31(34)29-41(35,36)37;1-4-5-6-7-8-9-10-11-12-13-14-15-16-17-18-19-21-24(2,3)22-20-23-28(25,26)27;11-4-1-10(2-5-12,3-6-13)7-9(14)8-18(15,16)17;;;;/h31,34H,4-30H2,1-3H3;25-27H,4-23H2,1-3H3;9,11-14H,1-8H2;3*1H;1H2/q2*+1;;;;;/p-1. The fraction of sp³-hybridized carbons (Fsp3) is 1.00. The summed E-state index contributed by atoms with van der Waals surface area (Å²) in [5, 5.41) is 46.8. The number of aliphatic hydroxyl groups is 5. The highest BCUT2D eigenvalue weighted by molar-refractivity contribution is 7.86. The number of nitrogens with zero attached hydrogens (tertiary/aromatic N) is 4. The molecule has 0 radical (unpaired) electrons. The number of rotatable bonds is 56. The summed E-state index contributed by atoms with van der Waals surface area (Å²) in [6, 6.07) is 0.939. The summed E-state index contributed by atoms with van der Waals surface area (Å²) in [6.07, 6.45) is 43.8. The summed E-state index contributed by atoms with van der Waals surface area (Å²) in [6.45, 7) is 11.4. The van der Waals surface area contributed by atoms with Crippen LogP contribution >= 0.6 is 0 Å². The third kappa shape index (κ3) is 60.4. The van der Waals surface area contributed by atoms with Gasteiger partial charge in [-0.15, -0.1) is 0 Å². The number of aliphatic hydroxyl groups excluding tert-OH is 5. The van der Waals surface area contributed by atoms with E-state index in [4.69, 9.17) is 52.1 Å². The molecule has 2 aliphatic rings. The van der Waals surface area contributed by atoms with Gasteiger partial charge in [0.15, 0.2) is 6.73 Å². The van der Waals surface area contributed by atoms with E-state index in [2.05, 4.69) is 42.0 Å². The first kappa shape index (κ1) is 101. The SMILES string of the molecule is CCCCCCCCCCCCCCCCCC[N+](C)(C)CCC[Si](O)(O)O.CCCCCCCCCCCCCCCCCC[N+](C)(C)CCC[Si]12OCC[N+](CC(O)CS(=O)(=O)O)(CCO1)CO2.O.O=S(=O)(O)CC(O)C[N+](CCO)(CCO)CCO.[Cl-].[Cl-].[Cl-]. The van der Waals surface area contributed by atoms with Crippen LogP contribution in [-0.4, -0.2) is 271 Å². The quantitative estimate of drug-likeness (QED) is 0.0145. The van der Waals surface area contributed by atoms with Gasteiger partial charge in [0.1, 0.15) is 69.5 Å². The Balaban J connectivity index is -0.000000438. The molecule has 0 aromatic carbocycles. The summed E-state index contributed by atoms with van der Waals surface area (Å²) in [5.74, 6) is -1.47. The molecule has 2 rings (SSSR count). The molecular weight excluding hydrogens is 1330 g/mol. The van der Waals surface area contributed by atoms with Crippen molar-refractivity contribution < 1.29 is 140 Å². The molecule has 2 aliphatic heterocycles. The smallest absolute Gasteiger partial charge is 0.505 e. The molecule has 2 saturated heterocycles. The first-order valence-electron chi connectivity index (χ1n) is 35.1. The molecule has 0 aromatic rings. The molecule has 0 spiro atoms. The van der Waals surface area contributed by atoms with Crippen LogP contribution in [0.25, 0.3) is 0 Å². The number of hydrogen-bond donors (Lipinski definition) is 10. The largest absolute Gasteiger partial charge is 1.00 e. The van der Waals surface area contributed by atoms with E-state index >= 15 is 0 Å². The van der Waals surface area contributed by atoms with Gasteiger partial charge in [-0.2, -0.15) is 16.8 Å². The Morgan fingerprint density at radius 2 is 0.739 bits per heavy atom. The average Bonchev–Trinajstić information content (AvgIpc) is 1.72. The van der Waals surface area contributed by atoms with Gasteiger partial charge < -0.3 is 109 Å². The van der Waals surface area contributed by atoms with Crippen molar-refractivity contribution in [1.82, 2.24) is 0 Å². The molecule has 0 aromatic heterocycles. The zero-order chi connectivity index (χ0) is 66.2. The lowest BCUT2D eigenvalue weighted by molar-refractivity contribution is -0.942. The van der Waals surface area contributed by atoms with E-state index in [1.54, 1.807) is 0 Å². The molecule has 2 heterocycles. The van der Waals surface area contributed by atoms with Crippen LogP contribution in [0.2, 0.25) is 12.1 Å². The Labute approximate surface area is 582 Å². The second kappa shape index (κ2) is 59.2. The molecule has 0 aliphatic carbocycles. The van der Waals surface area contributed by atoms with Crippen molar-refractivity contribution in [1.29, 1.82) is 0 Å². The molecule has 2 fully saturated rings. The summed E-state index contributed by atoms with van der Waals surface area (Å²) < 4.78 is 82.4. The minimum Gasteiger partial charge on any atom is -1.00 e. The van der Waals surface area contributed by atoms with Gasteiger partial charge in [0.2, 0.25) is 0 Å². The van der Waals surface area contributed by atoms with Crippen molar-refractivity contribution in [2.24, 2.45) is 0 Å². The van der Waals surface area contributed by atoms with Crippen molar-refractivity contribution >= 4 is 37.8 Å². The lowest BCUT2D eigenvalue weighted by Gasteiger charge is -2.38. The van der Waals surface area contributed by atoms with Crippen molar-refractivity contribution in [3.63, 3.8) is 0 Å². The van der Waals surface area contributed by atoms with Crippen LogP contribution in [0, 0.1) is 0 Å². The Hall–Kier alpha value is 0.484. The van der Waals surface area contributed by atoms with Gasteiger partial charge >= 0.3 is 17.6 Å². The Morgan fingerprint density at radius 1 is 0.446 bits per heavy atom. The maximum atomic E-state index is 11.2. The van der Waals surface area contributed by atoms with Gasteiger partial charge in [0.25, 0.3) is 20.2 Å². The third-order valence-corrected chi connectivity index (χ3v) is 23.3. The molecule has 2 atom stereocenters. The van der Waals surface area contributed by atoms with E-state index in [-0.39, 0.29) is 106 Å². The zero-order valence-electron chi connectivity index (χ0n) is 58.6. The molecular formula is C63H142Cl3N4O18S2Si2+. The molecule has 2 bridgehead atoms. The normalized spacial score (nSPS) is 17.7. The second-order valence-corrected chi connectivity index (χ2v) is 35.4. The number of halogens is 3. The van der Waals surface area contributed by atoms with Crippen LogP contribution < -0.4 is 37.2 Å². The van der Waals surface area contributed by atoms with Crippen LogP contribution in [0.5, 0.6) is 0 Å². The highest BCUT2D eigenvalue weighted by Gasteiger charge is 2.51. The van der Waals surface area contributed by atoms with Gasteiger partial charge in [-0.05, 0) is 25.7 Å². The van der Waals surface area contributed by atoms with Crippen molar-refractivity contribution in [3.8, 4) is 0 Å². The average molecular weight is 1470 g/mol. The van der Waals surface area contributed by atoms with Crippen molar-refractivity contribution in [2.45, 2.75) is 256 Å². The number of quaternary nitrogens is 4. The Morgan fingerprint density at radius 3 is 1.04 bits per heavy atom. The van der Waals surface area contributed by atoms with Gasteiger partial charge in [0, 0.05) is 24.9 Å². The van der Waals surface area contributed by atoms with E-state index in [9.17, 15) is 27.0 Å². The highest BCUT2D eigenvalue weighted by atomic mass is 35.5. The zero-order valence-corrected chi connectivity index (χ0v) is 64.5. The van der Waals surface area contributed by atoms with Crippen LogP contribution in [-0.2, 0) is 33.5 Å². The molecule has 0 amide bonds. The number of hydrogen-bond acceptors (Lipinski definition) is 15. The molecule has 562 valence electrons. The van der Waals surface area contributed by atoms with Gasteiger partial charge in [0.05, 0.1) is 87.4 Å². The Kier molecular flexibility index (Phi) is 65.1. The lowest BCUT2D eigenvalue weighted by Crippen LogP contribution is -3.00. The van der Waals surface area contributed by atoms with Gasteiger partial charge in [-0.1, -0.05) is 194 Å². The number of unbranched alkanes of at least 4 members (excludes halogenated alkanes) is 30. The minimum absolute atomic E-state index is 0. The predicted molar refractivity (Wildman–Crippen MR) is 362 cm³/mol. The third-order valence-electron chi connectivity index (χ3n) is 17.8. The fourth-order valence-electron chi connectivity index (χ4n) is 12.4. The predicted octanol–water partition coefficient (Wildman–Crippen LogP) is -1.40. The first-order valence-corrected chi connectivity index (χ1v) is 42.3. The van der Waals surface area contributed by atoms with E-state index in [0.29, 0.717) is 43.9 Å². The molecule has 0 saturated carbocycles. The lowest BCUT2D eigenvalue weighted by atomic mass is 10.0. The summed E-state index contributed by atoms with van der Waals surface area (Å²) in [4.78, 5) is 27.2. The van der Waals surface area contributed by atoms with Gasteiger partial charge in [-0.3, -0.25) is 13.6 Å². The minimum atomic E-state index is -4.29. The van der Waals surface area contributed by atoms with E-state index in [1.807, 2.05) is 0 Å². The Bertz CT molecular complexity index is 1860. The van der Waals surface area contributed by atoms with Crippen LogP contribution in [0.1, 0.15) is 232 Å². The topological polar surface area (TPSA) is 330 Å². The summed E-state index contributed by atoms with van der Waals surface area (Å²) in [5.41, 5.74) is 0. The summed E-state index contributed by atoms with van der Waals surface area (Å²) in [7, 11) is -6.14.